The molecule has 1 heterocycles. The van der Waals surface area contributed by atoms with E-state index in [2.05, 4.69) is 5.10 Å². The minimum absolute atomic E-state index is 0.00579. The molecule has 1 aromatic heterocycles. The van der Waals surface area contributed by atoms with Crippen LogP contribution in [0.5, 0.6) is 0 Å². The van der Waals surface area contributed by atoms with E-state index >= 15 is 0 Å². The predicted octanol–water partition coefficient (Wildman–Crippen LogP) is 2.83. The van der Waals surface area contributed by atoms with E-state index in [1.54, 1.807) is 24.5 Å². The van der Waals surface area contributed by atoms with Crippen LogP contribution in [0.25, 0.3) is 5.69 Å². The second-order valence-corrected chi connectivity index (χ2v) is 3.94. The van der Waals surface area contributed by atoms with Gasteiger partial charge in [0.05, 0.1) is 11.1 Å². The number of rotatable bonds is 3. The summed E-state index contributed by atoms with van der Waals surface area (Å²) in [6, 6.07) is 4.88. The number of alkyl halides is 1. The average Bonchev–Trinajstić information content (AvgIpc) is 2.75. The third-order valence-electron chi connectivity index (χ3n) is 2.35. The van der Waals surface area contributed by atoms with E-state index in [0.29, 0.717) is 11.3 Å². The molecule has 0 N–H and O–H groups in total. The molecule has 1 aromatic carbocycles. The van der Waals surface area contributed by atoms with Gasteiger partial charge in [-0.15, -0.1) is 11.6 Å². The van der Waals surface area contributed by atoms with Crippen molar-refractivity contribution in [2.24, 2.45) is 0 Å². The molecule has 0 aliphatic carbocycles. The number of aromatic nitrogens is 2. The maximum atomic E-state index is 11.0. The normalized spacial score (nSPS) is 10.5. The number of hydrogen-bond donors (Lipinski definition) is 0. The van der Waals surface area contributed by atoms with Crippen molar-refractivity contribution in [2.45, 2.75) is 12.8 Å². The van der Waals surface area contributed by atoms with Crippen molar-refractivity contribution in [3.05, 3.63) is 51.8 Å². The summed E-state index contributed by atoms with van der Waals surface area (Å²) in [6.45, 7) is 1.88. The zero-order valence-corrected chi connectivity index (χ0v) is 9.89. The number of halogens is 1. The van der Waals surface area contributed by atoms with Gasteiger partial charge in [0.15, 0.2) is 0 Å². The van der Waals surface area contributed by atoms with E-state index in [4.69, 9.17) is 11.6 Å². The average molecular weight is 252 g/mol. The topological polar surface area (TPSA) is 61.0 Å². The Morgan fingerprint density at radius 1 is 1.53 bits per heavy atom. The van der Waals surface area contributed by atoms with E-state index in [-0.39, 0.29) is 11.6 Å². The molecule has 88 valence electrons. The van der Waals surface area contributed by atoms with Crippen LogP contribution in [0, 0.1) is 17.0 Å². The minimum atomic E-state index is -0.428. The van der Waals surface area contributed by atoms with Crippen molar-refractivity contribution >= 4 is 17.3 Å². The number of nitro groups is 1. The summed E-state index contributed by atoms with van der Waals surface area (Å²) in [5.74, 6) is 0.249. The lowest BCUT2D eigenvalue weighted by molar-refractivity contribution is -0.384. The Labute approximate surface area is 103 Å². The van der Waals surface area contributed by atoms with Crippen LogP contribution in [-0.2, 0) is 5.88 Å². The fraction of sp³-hybridized carbons (Fsp3) is 0.182. The first-order chi connectivity index (χ1) is 8.11. The molecule has 0 saturated heterocycles. The first-order valence-corrected chi connectivity index (χ1v) is 5.50. The molecule has 0 saturated carbocycles. The lowest BCUT2D eigenvalue weighted by Gasteiger charge is -2.04. The molecule has 17 heavy (non-hydrogen) atoms. The Hall–Kier alpha value is -1.88. The van der Waals surface area contributed by atoms with Gasteiger partial charge in [0.25, 0.3) is 5.69 Å². The number of nitrogens with zero attached hydrogens (tertiary/aromatic N) is 3. The van der Waals surface area contributed by atoms with Crippen LogP contribution in [-0.4, -0.2) is 14.7 Å². The smallest absolute Gasteiger partial charge is 0.258 e. The molecule has 0 aliphatic rings. The monoisotopic (exact) mass is 251 g/mol. The van der Waals surface area contributed by atoms with E-state index in [1.807, 2.05) is 6.92 Å². The highest BCUT2D eigenvalue weighted by atomic mass is 35.5. The highest BCUT2D eigenvalue weighted by molar-refractivity contribution is 6.17. The molecule has 0 fully saturated rings. The second-order valence-electron chi connectivity index (χ2n) is 3.68. The maximum absolute atomic E-state index is 11.0. The van der Waals surface area contributed by atoms with Crippen LogP contribution in [0.4, 0.5) is 5.69 Å². The van der Waals surface area contributed by atoms with Gasteiger partial charge >= 0.3 is 0 Å². The summed E-state index contributed by atoms with van der Waals surface area (Å²) in [6.07, 6.45) is 3.39. The van der Waals surface area contributed by atoms with E-state index in [1.165, 1.54) is 10.7 Å². The Morgan fingerprint density at radius 3 is 2.82 bits per heavy atom. The first kappa shape index (κ1) is 11.6. The van der Waals surface area contributed by atoms with Crippen LogP contribution >= 0.6 is 11.6 Å². The van der Waals surface area contributed by atoms with E-state index in [0.717, 1.165) is 5.56 Å². The van der Waals surface area contributed by atoms with Gasteiger partial charge in [-0.2, -0.15) is 5.10 Å². The van der Waals surface area contributed by atoms with Gasteiger partial charge in [-0.25, -0.2) is 4.68 Å². The van der Waals surface area contributed by atoms with Gasteiger partial charge in [0.1, 0.15) is 5.69 Å². The Kier molecular flexibility index (Phi) is 3.10. The highest BCUT2D eigenvalue weighted by Crippen LogP contribution is 2.24. The molecule has 0 unspecified atom stereocenters. The van der Waals surface area contributed by atoms with Gasteiger partial charge in [0.2, 0.25) is 0 Å². The zero-order valence-electron chi connectivity index (χ0n) is 9.13. The summed E-state index contributed by atoms with van der Waals surface area (Å²) in [5.41, 5.74) is 2.11. The van der Waals surface area contributed by atoms with Crippen molar-refractivity contribution in [1.29, 1.82) is 0 Å². The molecule has 5 nitrogen and oxygen atoms in total. The van der Waals surface area contributed by atoms with Gasteiger partial charge in [0, 0.05) is 18.1 Å². The highest BCUT2D eigenvalue weighted by Gasteiger charge is 2.16. The Bertz CT molecular complexity index is 566. The summed E-state index contributed by atoms with van der Waals surface area (Å²) in [4.78, 5) is 10.6. The van der Waals surface area contributed by atoms with E-state index < -0.39 is 4.92 Å². The number of nitro benzene ring substituents is 1. The van der Waals surface area contributed by atoms with Crippen LogP contribution in [0.2, 0.25) is 0 Å². The quantitative estimate of drug-likeness (QED) is 0.479. The molecule has 0 atom stereocenters. The molecular weight excluding hydrogens is 242 g/mol. The van der Waals surface area contributed by atoms with Gasteiger partial charge in [-0.1, -0.05) is 6.07 Å². The fourth-order valence-corrected chi connectivity index (χ4v) is 1.70. The van der Waals surface area contributed by atoms with Gasteiger partial charge in [-0.3, -0.25) is 10.1 Å². The van der Waals surface area contributed by atoms with Crippen molar-refractivity contribution in [1.82, 2.24) is 9.78 Å². The zero-order chi connectivity index (χ0) is 12.4. The third kappa shape index (κ3) is 2.29. The number of aryl methyl sites for hydroxylation is 1. The van der Waals surface area contributed by atoms with Crippen LogP contribution in [0.1, 0.15) is 11.1 Å². The first-order valence-electron chi connectivity index (χ1n) is 4.96. The Morgan fingerprint density at radius 2 is 2.29 bits per heavy atom. The molecule has 6 heteroatoms. The van der Waals surface area contributed by atoms with Crippen molar-refractivity contribution in [3.8, 4) is 5.69 Å². The van der Waals surface area contributed by atoms with Crippen LogP contribution < -0.4 is 0 Å². The Balaban J connectivity index is 2.57. The molecule has 0 spiro atoms. The largest absolute Gasteiger partial charge is 0.295 e. The fourth-order valence-electron chi connectivity index (χ4n) is 1.54. The van der Waals surface area contributed by atoms with Gasteiger partial charge < -0.3 is 0 Å². The lowest BCUT2D eigenvalue weighted by atomic mass is 10.2. The summed E-state index contributed by atoms with van der Waals surface area (Å²) >= 11 is 5.66. The summed E-state index contributed by atoms with van der Waals surface area (Å²) in [7, 11) is 0. The molecule has 0 aliphatic heterocycles. The van der Waals surface area contributed by atoms with Crippen LogP contribution in [0.15, 0.2) is 30.6 Å². The molecule has 0 bridgehead atoms. The molecule has 0 amide bonds. The molecule has 2 rings (SSSR count). The number of hydrogen-bond acceptors (Lipinski definition) is 3. The summed E-state index contributed by atoms with van der Waals surface area (Å²) in [5, 5.41) is 15.1. The maximum Gasteiger partial charge on any atom is 0.295 e. The molecular formula is C11H10ClN3O2. The van der Waals surface area contributed by atoms with Crippen LogP contribution in [0.3, 0.4) is 0 Å². The SMILES string of the molecule is Cc1cnn(-c2ccc(CCl)cc2[N+](=O)[O-])c1. The van der Waals surface area contributed by atoms with Crippen molar-refractivity contribution in [3.63, 3.8) is 0 Å². The van der Waals surface area contributed by atoms with Gasteiger partial charge in [-0.05, 0) is 24.1 Å². The van der Waals surface area contributed by atoms with Crippen molar-refractivity contribution < 1.29 is 4.92 Å². The third-order valence-corrected chi connectivity index (χ3v) is 2.66. The molecule has 2 aromatic rings. The lowest BCUT2D eigenvalue weighted by Crippen LogP contribution is -2.01. The minimum Gasteiger partial charge on any atom is -0.258 e. The number of benzene rings is 1. The predicted molar refractivity (Wildman–Crippen MR) is 64.5 cm³/mol. The van der Waals surface area contributed by atoms with E-state index in [9.17, 15) is 10.1 Å². The summed E-state index contributed by atoms with van der Waals surface area (Å²) < 4.78 is 1.49. The standard InChI is InChI=1S/C11H10ClN3O2/c1-8-6-13-14(7-8)10-3-2-9(5-12)4-11(10)15(16)17/h2-4,6-7H,5H2,1H3. The second kappa shape index (κ2) is 4.55. The van der Waals surface area contributed by atoms with Crippen molar-refractivity contribution in [2.75, 3.05) is 0 Å². The molecule has 0 radical (unpaired) electrons.